The van der Waals surface area contributed by atoms with Gasteiger partial charge in [0.05, 0.1) is 0 Å². The van der Waals surface area contributed by atoms with E-state index in [0.29, 0.717) is 5.69 Å². The summed E-state index contributed by atoms with van der Waals surface area (Å²) < 4.78 is 0.923. The number of hydrogen-bond donors (Lipinski definition) is 4. The van der Waals surface area contributed by atoms with Gasteiger partial charge >= 0.3 is 6.03 Å². The largest absolute Gasteiger partial charge is 0.350 e. The molecule has 2 rings (SSSR count). The maximum Gasteiger partial charge on any atom is 0.333 e. The van der Waals surface area contributed by atoms with Crippen LogP contribution in [0.3, 0.4) is 0 Å². The first-order chi connectivity index (χ1) is 8.60. The van der Waals surface area contributed by atoms with Gasteiger partial charge in [0.2, 0.25) is 0 Å². The van der Waals surface area contributed by atoms with Crippen LogP contribution in [0.15, 0.2) is 28.7 Å². The fourth-order valence-corrected chi connectivity index (χ4v) is 1.83. The second kappa shape index (κ2) is 5.09. The molecule has 0 atom stereocenters. The van der Waals surface area contributed by atoms with Gasteiger partial charge in [-0.2, -0.15) is 0 Å². The van der Waals surface area contributed by atoms with Crippen molar-refractivity contribution in [2.45, 2.75) is 0 Å². The second-order valence-electron chi connectivity index (χ2n) is 3.57. The van der Waals surface area contributed by atoms with Crippen LogP contribution in [0.1, 0.15) is 10.5 Å². The van der Waals surface area contributed by atoms with E-state index in [9.17, 15) is 9.59 Å². The Labute approximate surface area is 111 Å². The Hall–Kier alpha value is -2.02. The normalized spacial score (nSPS) is 10.1. The van der Waals surface area contributed by atoms with Gasteiger partial charge < -0.3 is 10.3 Å². The number of carbonyl (C=O) groups is 2. The average molecular weight is 311 g/mol. The minimum Gasteiger partial charge on any atom is -0.350 e. The van der Waals surface area contributed by atoms with Gasteiger partial charge in [-0.15, -0.1) is 0 Å². The molecule has 0 aliphatic carbocycles. The zero-order valence-corrected chi connectivity index (χ0v) is 11.1. The van der Waals surface area contributed by atoms with Crippen molar-refractivity contribution in [1.29, 1.82) is 0 Å². The quantitative estimate of drug-likeness (QED) is 0.602. The van der Waals surface area contributed by atoms with E-state index >= 15 is 0 Å². The molecule has 7 heteroatoms. The molecule has 1 aromatic carbocycles. The zero-order valence-electron chi connectivity index (χ0n) is 9.50. The fourth-order valence-electron chi connectivity index (χ4n) is 1.46. The van der Waals surface area contributed by atoms with Gasteiger partial charge in [0.25, 0.3) is 5.91 Å². The number of fused-ring (bicyclic) bond motifs is 1. The van der Waals surface area contributed by atoms with Gasteiger partial charge in [-0.1, -0.05) is 22.0 Å². The Bertz CT molecular complexity index is 608. The Morgan fingerprint density at radius 1 is 1.22 bits per heavy atom. The highest BCUT2D eigenvalue weighted by Crippen LogP contribution is 2.20. The molecule has 2 aromatic rings. The maximum atomic E-state index is 11.7. The molecule has 0 saturated heterocycles. The fraction of sp³-hybridized carbons (Fsp3) is 0.0909. The van der Waals surface area contributed by atoms with Crippen LogP contribution in [-0.4, -0.2) is 24.0 Å². The van der Waals surface area contributed by atoms with Crippen molar-refractivity contribution in [3.63, 3.8) is 0 Å². The van der Waals surface area contributed by atoms with Crippen molar-refractivity contribution in [2.75, 3.05) is 7.05 Å². The summed E-state index contributed by atoms with van der Waals surface area (Å²) >= 11 is 3.35. The van der Waals surface area contributed by atoms with Gasteiger partial charge in [-0.05, 0) is 18.2 Å². The molecule has 0 unspecified atom stereocenters. The number of nitrogens with one attached hydrogen (secondary N) is 4. The van der Waals surface area contributed by atoms with E-state index in [4.69, 9.17) is 0 Å². The molecule has 1 aromatic heterocycles. The van der Waals surface area contributed by atoms with Crippen molar-refractivity contribution in [1.82, 2.24) is 21.2 Å². The number of H-pyrrole nitrogens is 1. The lowest BCUT2D eigenvalue weighted by Crippen LogP contribution is -2.45. The predicted molar refractivity (Wildman–Crippen MR) is 71.1 cm³/mol. The molecule has 0 fully saturated rings. The average Bonchev–Trinajstić information content (AvgIpc) is 2.78. The highest BCUT2D eigenvalue weighted by atomic mass is 79.9. The topological polar surface area (TPSA) is 86.0 Å². The standard InChI is InChI=1S/C11H11BrN4O2/c1-13-11(18)16-15-10(17)9-4-6-2-3-7(12)5-8(6)14-9/h2-5,14H,1H3,(H,15,17)(H2,13,16,18). The first-order valence-corrected chi connectivity index (χ1v) is 5.96. The van der Waals surface area contributed by atoms with E-state index in [0.717, 1.165) is 15.4 Å². The summed E-state index contributed by atoms with van der Waals surface area (Å²) in [6, 6.07) is 6.88. The number of halogens is 1. The molecular formula is C11H11BrN4O2. The molecule has 4 N–H and O–H groups in total. The molecule has 0 spiro atoms. The first kappa shape index (κ1) is 12.4. The lowest BCUT2D eigenvalue weighted by atomic mass is 10.2. The number of aromatic amines is 1. The highest BCUT2D eigenvalue weighted by Gasteiger charge is 2.10. The van der Waals surface area contributed by atoms with E-state index < -0.39 is 11.9 Å². The first-order valence-electron chi connectivity index (χ1n) is 5.16. The minimum atomic E-state index is -0.484. The Morgan fingerprint density at radius 2 is 2.00 bits per heavy atom. The van der Waals surface area contributed by atoms with Crippen LogP contribution in [0.4, 0.5) is 4.79 Å². The van der Waals surface area contributed by atoms with E-state index in [1.807, 2.05) is 18.2 Å². The van der Waals surface area contributed by atoms with E-state index in [2.05, 4.69) is 37.1 Å². The van der Waals surface area contributed by atoms with E-state index in [-0.39, 0.29) is 0 Å². The molecule has 0 saturated carbocycles. The lowest BCUT2D eigenvalue weighted by molar-refractivity contribution is 0.0932. The van der Waals surface area contributed by atoms with Crippen molar-refractivity contribution >= 4 is 38.8 Å². The van der Waals surface area contributed by atoms with Gasteiger partial charge in [-0.25, -0.2) is 10.2 Å². The number of hydrogen-bond acceptors (Lipinski definition) is 2. The third-order valence-corrected chi connectivity index (χ3v) is 2.84. The minimum absolute atomic E-state index is 0.375. The van der Waals surface area contributed by atoms with Gasteiger partial charge in [0, 0.05) is 22.4 Å². The lowest BCUT2D eigenvalue weighted by Gasteiger charge is -2.04. The molecule has 3 amide bonds. The highest BCUT2D eigenvalue weighted by molar-refractivity contribution is 9.10. The number of rotatable bonds is 1. The number of urea groups is 1. The Balaban J connectivity index is 2.15. The van der Waals surface area contributed by atoms with Gasteiger partial charge in [-0.3, -0.25) is 10.2 Å². The van der Waals surface area contributed by atoms with E-state index in [1.165, 1.54) is 7.05 Å². The van der Waals surface area contributed by atoms with Crippen LogP contribution >= 0.6 is 15.9 Å². The molecule has 94 valence electrons. The molecule has 0 bridgehead atoms. The summed E-state index contributed by atoms with van der Waals surface area (Å²) in [5.41, 5.74) is 5.71. The maximum absolute atomic E-state index is 11.7. The van der Waals surface area contributed by atoms with E-state index in [1.54, 1.807) is 6.07 Å². The number of amides is 3. The Morgan fingerprint density at radius 3 is 2.72 bits per heavy atom. The summed E-state index contributed by atoms with van der Waals surface area (Å²) in [5.74, 6) is -0.411. The summed E-state index contributed by atoms with van der Waals surface area (Å²) in [7, 11) is 1.46. The van der Waals surface area contributed by atoms with Crippen molar-refractivity contribution in [3.05, 3.63) is 34.4 Å². The van der Waals surface area contributed by atoms with Gasteiger partial charge in [0.15, 0.2) is 0 Å². The predicted octanol–water partition coefficient (Wildman–Crippen LogP) is 1.50. The number of aromatic nitrogens is 1. The zero-order chi connectivity index (χ0) is 13.1. The third kappa shape index (κ3) is 2.62. The van der Waals surface area contributed by atoms with Crippen LogP contribution in [0.2, 0.25) is 0 Å². The van der Waals surface area contributed by atoms with Crippen molar-refractivity contribution in [2.24, 2.45) is 0 Å². The van der Waals surface area contributed by atoms with Crippen LogP contribution < -0.4 is 16.2 Å². The Kier molecular flexibility index (Phi) is 3.52. The smallest absolute Gasteiger partial charge is 0.333 e. The molecule has 6 nitrogen and oxygen atoms in total. The van der Waals surface area contributed by atoms with Gasteiger partial charge in [0.1, 0.15) is 5.69 Å². The molecule has 18 heavy (non-hydrogen) atoms. The van der Waals surface area contributed by atoms with Crippen molar-refractivity contribution < 1.29 is 9.59 Å². The number of benzene rings is 1. The summed E-state index contributed by atoms with van der Waals surface area (Å²) in [6.45, 7) is 0. The van der Waals surface area contributed by atoms with Crippen LogP contribution in [0.25, 0.3) is 10.9 Å². The summed E-state index contributed by atoms with van der Waals surface area (Å²) in [6.07, 6.45) is 0. The number of hydrazine groups is 1. The second-order valence-corrected chi connectivity index (χ2v) is 4.49. The van der Waals surface area contributed by atoms with Crippen LogP contribution in [-0.2, 0) is 0 Å². The molecular weight excluding hydrogens is 300 g/mol. The SMILES string of the molecule is CNC(=O)NNC(=O)c1cc2ccc(Br)cc2[nH]1. The summed E-state index contributed by atoms with van der Waals surface area (Å²) in [5, 5.41) is 3.24. The third-order valence-electron chi connectivity index (χ3n) is 2.35. The molecule has 0 aliphatic heterocycles. The van der Waals surface area contributed by atoms with Crippen LogP contribution in [0, 0.1) is 0 Å². The number of carbonyl (C=O) groups excluding carboxylic acids is 2. The summed E-state index contributed by atoms with van der Waals surface area (Å²) in [4.78, 5) is 25.6. The molecule has 0 aliphatic rings. The molecule has 1 heterocycles. The van der Waals surface area contributed by atoms with Crippen LogP contribution in [0.5, 0.6) is 0 Å². The molecule has 0 radical (unpaired) electrons. The van der Waals surface area contributed by atoms with Crippen molar-refractivity contribution in [3.8, 4) is 0 Å². The monoisotopic (exact) mass is 310 g/mol.